The number of rotatable bonds is 3. The Morgan fingerprint density at radius 1 is 1.33 bits per heavy atom. The van der Waals surface area contributed by atoms with Crippen molar-refractivity contribution in [2.75, 3.05) is 0 Å². The van der Waals surface area contributed by atoms with Gasteiger partial charge in [0.05, 0.1) is 0 Å². The molecule has 3 N–H and O–H groups in total. The summed E-state index contributed by atoms with van der Waals surface area (Å²) in [6.07, 6.45) is 4.89. The summed E-state index contributed by atoms with van der Waals surface area (Å²) in [5.74, 6) is 1.66. The molecule has 2 fully saturated rings. The third-order valence-electron chi connectivity index (χ3n) is 3.80. The molecule has 0 saturated heterocycles. The van der Waals surface area contributed by atoms with E-state index < -0.39 is 0 Å². The van der Waals surface area contributed by atoms with Crippen LogP contribution in [0.15, 0.2) is 24.3 Å². The zero-order chi connectivity index (χ0) is 10.5. The predicted octanol–water partition coefficient (Wildman–Crippen LogP) is 2.38. The summed E-state index contributed by atoms with van der Waals surface area (Å²) in [5.41, 5.74) is 7.35. The maximum absolute atomic E-state index is 9.75. The lowest BCUT2D eigenvalue weighted by molar-refractivity contribution is 0.463. The van der Waals surface area contributed by atoms with Crippen LogP contribution in [0, 0.1) is 5.92 Å². The van der Waals surface area contributed by atoms with Crippen molar-refractivity contribution in [3.05, 3.63) is 29.8 Å². The van der Waals surface area contributed by atoms with Crippen LogP contribution in [0.1, 0.15) is 37.2 Å². The second-order valence-electron chi connectivity index (χ2n) is 5.20. The Balaban J connectivity index is 1.77. The molecule has 2 saturated carbocycles. The summed E-state index contributed by atoms with van der Waals surface area (Å²) >= 11 is 0. The van der Waals surface area contributed by atoms with E-state index in [0.717, 1.165) is 24.3 Å². The Hall–Kier alpha value is -1.02. The van der Waals surface area contributed by atoms with Crippen LogP contribution in [0.4, 0.5) is 0 Å². The summed E-state index contributed by atoms with van der Waals surface area (Å²) in [5, 5.41) is 9.75. The predicted molar refractivity (Wildman–Crippen MR) is 59.7 cm³/mol. The van der Waals surface area contributed by atoms with E-state index in [9.17, 15) is 5.11 Å². The van der Waals surface area contributed by atoms with Crippen LogP contribution < -0.4 is 5.73 Å². The van der Waals surface area contributed by atoms with Crippen molar-refractivity contribution >= 4 is 0 Å². The highest BCUT2D eigenvalue weighted by Crippen LogP contribution is 2.57. The molecule has 3 rings (SSSR count). The molecular weight excluding hydrogens is 186 g/mol. The van der Waals surface area contributed by atoms with Crippen LogP contribution in [0.2, 0.25) is 0 Å². The molecule has 0 spiro atoms. The quantitative estimate of drug-likeness (QED) is 0.792. The van der Waals surface area contributed by atoms with Crippen molar-refractivity contribution in [2.24, 2.45) is 11.7 Å². The first-order valence-electron chi connectivity index (χ1n) is 5.76. The van der Waals surface area contributed by atoms with Gasteiger partial charge in [-0.15, -0.1) is 0 Å². The fourth-order valence-electron chi connectivity index (χ4n) is 2.61. The van der Waals surface area contributed by atoms with E-state index in [-0.39, 0.29) is 5.54 Å². The second-order valence-corrected chi connectivity index (χ2v) is 5.20. The van der Waals surface area contributed by atoms with Crippen LogP contribution in [0.5, 0.6) is 5.75 Å². The second kappa shape index (κ2) is 2.99. The maximum atomic E-state index is 9.75. The Labute approximate surface area is 90.1 Å². The highest BCUT2D eigenvalue weighted by Gasteiger charge is 2.54. The number of phenolic OH excluding ortho intramolecular Hbond substituents is 1. The van der Waals surface area contributed by atoms with Gasteiger partial charge in [-0.1, -0.05) is 31.0 Å². The number of phenols is 1. The molecule has 15 heavy (non-hydrogen) atoms. The van der Waals surface area contributed by atoms with E-state index in [1.165, 1.54) is 12.8 Å². The van der Waals surface area contributed by atoms with E-state index >= 15 is 0 Å². The number of nitrogens with two attached hydrogens (primary N) is 1. The summed E-state index contributed by atoms with van der Waals surface area (Å²) in [6.45, 7) is 0. The number of benzene rings is 1. The van der Waals surface area contributed by atoms with Gasteiger partial charge in [-0.2, -0.15) is 0 Å². The largest absolute Gasteiger partial charge is 0.508 e. The van der Waals surface area contributed by atoms with Gasteiger partial charge in [-0.05, 0) is 30.4 Å². The maximum Gasteiger partial charge on any atom is 0.119 e. The van der Waals surface area contributed by atoms with Crippen molar-refractivity contribution in [3.63, 3.8) is 0 Å². The fraction of sp³-hybridized carbons (Fsp3) is 0.538. The molecule has 2 unspecified atom stereocenters. The standard InChI is InChI=1S/C13H17NO/c14-13(7-9-5-6-9)8-11(13)10-3-1-2-4-12(10)15/h1-4,9,11,15H,5-8,14H2. The number of hydrogen-bond acceptors (Lipinski definition) is 2. The van der Waals surface area contributed by atoms with Gasteiger partial charge in [0.2, 0.25) is 0 Å². The van der Waals surface area contributed by atoms with Crippen LogP contribution in [0.3, 0.4) is 0 Å². The molecule has 0 aliphatic heterocycles. The minimum Gasteiger partial charge on any atom is -0.508 e. The average Bonchev–Trinajstić information content (AvgIpc) is 3.08. The lowest BCUT2D eigenvalue weighted by Gasteiger charge is -2.11. The zero-order valence-corrected chi connectivity index (χ0v) is 8.82. The minimum absolute atomic E-state index is 0.0139. The van der Waals surface area contributed by atoms with Crippen molar-refractivity contribution in [3.8, 4) is 5.75 Å². The minimum atomic E-state index is -0.0139. The van der Waals surface area contributed by atoms with Crippen LogP contribution in [0.25, 0.3) is 0 Å². The van der Waals surface area contributed by atoms with E-state index in [4.69, 9.17) is 5.73 Å². The Morgan fingerprint density at radius 3 is 2.73 bits per heavy atom. The molecule has 0 bridgehead atoms. The van der Waals surface area contributed by atoms with Gasteiger partial charge < -0.3 is 10.8 Å². The van der Waals surface area contributed by atoms with E-state index in [2.05, 4.69) is 0 Å². The first-order valence-corrected chi connectivity index (χ1v) is 5.76. The molecule has 2 atom stereocenters. The molecule has 0 radical (unpaired) electrons. The first kappa shape index (κ1) is 9.22. The third-order valence-corrected chi connectivity index (χ3v) is 3.80. The van der Waals surface area contributed by atoms with Gasteiger partial charge >= 0.3 is 0 Å². The molecule has 0 amide bonds. The van der Waals surface area contributed by atoms with E-state index in [0.29, 0.717) is 11.7 Å². The molecule has 2 heteroatoms. The van der Waals surface area contributed by atoms with E-state index in [1.807, 2.05) is 18.2 Å². The highest BCUT2D eigenvalue weighted by atomic mass is 16.3. The lowest BCUT2D eigenvalue weighted by atomic mass is 10.0. The zero-order valence-electron chi connectivity index (χ0n) is 8.82. The average molecular weight is 203 g/mol. The Morgan fingerprint density at radius 2 is 2.07 bits per heavy atom. The topological polar surface area (TPSA) is 46.2 Å². The molecule has 80 valence electrons. The monoisotopic (exact) mass is 203 g/mol. The summed E-state index contributed by atoms with van der Waals surface area (Å²) < 4.78 is 0. The molecule has 2 aliphatic rings. The van der Waals surface area contributed by atoms with Gasteiger partial charge in [0.25, 0.3) is 0 Å². The molecule has 0 aromatic heterocycles. The molecule has 2 nitrogen and oxygen atoms in total. The van der Waals surface area contributed by atoms with Crippen LogP contribution in [-0.4, -0.2) is 10.6 Å². The Bertz CT molecular complexity index is 386. The molecule has 1 aromatic carbocycles. The van der Waals surface area contributed by atoms with Crippen molar-refractivity contribution in [1.29, 1.82) is 0 Å². The molecule has 2 aliphatic carbocycles. The Kier molecular flexibility index (Phi) is 1.84. The fourth-order valence-corrected chi connectivity index (χ4v) is 2.61. The van der Waals surface area contributed by atoms with E-state index in [1.54, 1.807) is 6.07 Å². The molecule has 0 heterocycles. The normalized spacial score (nSPS) is 34.1. The summed E-state index contributed by atoms with van der Waals surface area (Å²) in [4.78, 5) is 0. The highest BCUT2D eigenvalue weighted by molar-refractivity contribution is 5.42. The summed E-state index contributed by atoms with van der Waals surface area (Å²) in [6, 6.07) is 7.60. The first-order chi connectivity index (χ1) is 7.19. The van der Waals surface area contributed by atoms with Gasteiger partial charge in [0, 0.05) is 11.5 Å². The molecule has 1 aromatic rings. The van der Waals surface area contributed by atoms with Gasteiger partial charge in [-0.3, -0.25) is 0 Å². The SMILES string of the molecule is NC1(CC2CC2)CC1c1ccccc1O. The smallest absolute Gasteiger partial charge is 0.119 e. The van der Waals surface area contributed by atoms with Crippen LogP contribution >= 0.6 is 0 Å². The van der Waals surface area contributed by atoms with Crippen molar-refractivity contribution < 1.29 is 5.11 Å². The van der Waals surface area contributed by atoms with Gasteiger partial charge in [0.15, 0.2) is 0 Å². The van der Waals surface area contributed by atoms with Crippen LogP contribution in [-0.2, 0) is 0 Å². The van der Waals surface area contributed by atoms with Gasteiger partial charge in [0.1, 0.15) is 5.75 Å². The number of aromatic hydroxyl groups is 1. The molecular formula is C13H17NO. The summed E-state index contributed by atoms with van der Waals surface area (Å²) in [7, 11) is 0. The third kappa shape index (κ3) is 1.63. The van der Waals surface area contributed by atoms with Crippen molar-refractivity contribution in [1.82, 2.24) is 0 Å². The lowest BCUT2D eigenvalue weighted by Crippen LogP contribution is -2.25. The van der Waals surface area contributed by atoms with Crippen molar-refractivity contribution in [2.45, 2.75) is 37.1 Å². The number of hydrogen-bond donors (Lipinski definition) is 2. The van der Waals surface area contributed by atoms with Gasteiger partial charge in [-0.25, -0.2) is 0 Å². The number of para-hydroxylation sites is 1.